The van der Waals surface area contributed by atoms with Crippen LogP contribution in [0.4, 0.5) is 13.2 Å². The van der Waals surface area contributed by atoms with Gasteiger partial charge in [0.2, 0.25) is 5.91 Å². The molecule has 0 spiro atoms. The first-order valence-electron chi connectivity index (χ1n) is 12.4. The molecule has 1 unspecified atom stereocenters. The topological polar surface area (TPSA) is 96.0 Å². The second-order valence-electron chi connectivity index (χ2n) is 9.73. The zero-order valence-electron chi connectivity index (χ0n) is 20.0. The number of benzene rings is 1. The van der Waals surface area contributed by atoms with Gasteiger partial charge in [0.1, 0.15) is 12.5 Å². The Morgan fingerprint density at radius 2 is 1.67 bits per heavy atom. The van der Waals surface area contributed by atoms with Crippen LogP contribution in [0.5, 0.6) is 0 Å². The second kappa shape index (κ2) is 11.2. The molecule has 3 aliphatic rings. The van der Waals surface area contributed by atoms with E-state index in [0.29, 0.717) is 63.8 Å². The van der Waals surface area contributed by atoms with E-state index in [1.165, 1.54) is 20.7 Å². The van der Waals surface area contributed by atoms with Crippen molar-refractivity contribution >= 4 is 21.9 Å². The molecule has 1 aromatic rings. The largest absolute Gasteiger partial charge is 0.416 e. The van der Waals surface area contributed by atoms with Crippen LogP contribution in [0.15, 0.2) is 24.3 Å². The van der Waals surface area contributed by atoms with Crippen LogP contribution in [0, 0.1) is 17.8 Å². The number of carbonyl (C=O) groups excluding carboxylic acids is 2. The van der Waals surface area contributed by atoms with Crippen molar-refractivity contribution in [1.82, 2.24) is 13.9 Å². The number of nitrogens with zero attached hydrogens (tertiary/aromatic N) is 2. The summed E-state index contributed by atoms with van der Waals surface area (Å²) in [5.41, 5.74) is -0.220. The molecule has 0 bridgehead atoms. The summed E-state index contributed by atoms with van der Waals surface area (Å²) >= 11 is 0. The number of hydrogen-bond donors (Lipinski definition) is 1. The van der Waals surface area contributed by atoms with Gasteiger partial charge in [0.25, 0.3) is 10.2 Å². The molecule has 1 N–H and O–H groups in total. The molecule has 0 aromatic heterocycles. The molecular formula is C24H32F3N3O5S. The van der Waals surface area contributed by atoms with E-state index < -0.39 is 39.7 Å². The number of amides is 1. The summed E-state index contributed by atoms with van der Waals surface area (Å²) in [5.74, 6) is -1.83. The summed E-state index contributed by atoms with van der Waals surface area (Å²) in [6.45, 7) is 1.46. The molecule has 3 fully saturated rings. The third kappa shape index (κ3) is 6.09. The summed E-state index contributed by atoms with van der Waals surface area (Å²) < 4.78 is 72.3. The number of Topliss-reactive ketones (excluding diaryl/α,β-unsaturated/α-hetero) is 1. The van der Waals surface area contributed by atoms with E-state index >= 15 is 0 Å². The summed E-state index contributed by atoms with van der Waals surface area (Å²) in [7, 11) is -3.72. The second-order valence-corrected chi connectivity index (χ2v) is 11.7. The lowest BCUT2D eigenvalue weighted by atomic mass is 9.82. The molecule has 8 nitrogen and oxygen atoms in total. The van der Waals surface area contributed by atoms with Gasteiger partial charge in [0.05, 0.1) is 5.56 Å². The highest BCUT2D eigenvalue weighted by Crippen LogP contribution is 2.37. The van der Waals surface area contributed by atoms with Gasteiger partial charge in [-0.15, -0.1) is 0 Å². The fourth-order valence-electron chi connectivity index (χ4n) is 5.35. The fourth-order valence-corrected chi connectivity index (χ4v) is 6.97. The van der Waals surface area contributed by atoms with E-state index in [-0.39, 0.29) is 31.5 Å². The highest BCUT2D eigenvalue weighted by atomic mass is 32.2. The zero-order chi connectivity index (χ0) is 25.9. The monoisotopic (exact) mass is 531 g/mol. The quantitative estimate of drug-likeness (QED) is 0.584. The maximum absolute atomic E-state index is 13.4. The molecule has 2 heterocycles. The number of alkyl halides is 3. The van der Waals surface area contributed by atoms with E-state index in [4.69, 9.17) is 4.74 Å². The van der Waals surface area contributed by atoms with Crippen LogP contribution >= 0.6 is 0 Å². The SMILES string of the molecule is O=C(C1CCC[C@@H]1C(=O)NCc1ccc(C(F)(F)F)cc1)[C@H]1CCCN(S(=O)(=O)N2CCCOC2)C1. The smallest absolute Gasteiger partial charge is 0.365 e. The molecule has 12 heteroatoms. The molecule has 0 radical (unpaired) electrons. The van der Waals surface area contributed by atoms with Crippen LogP contribution < -0.4 is 5.32 Å². The van der Waals surface area contributed by atoms with E-state index in [2.05, 4.69) is 5.32 Å². The Morgan fingerprint density at radius 1 is 0.972 bits per heavy atom. The Morgan fingerprint density at radius 3 is 2.33 bits per heavy atom. The minimum Gasteiger partial charge on any atom is -0.365 e. The van der Waals surface area contributed by atoms with Crippen LogP contribution in [-0.2, 0) is 37.3 Å². The number of ether oxygens (including phenoxy) is 1. The highest BCUT2D eigenvalue weighted by molar-refractivity contribution is 7.86. The minimum atomic E-state index is -4.42. The minimum absolute atomic E-state index is 0.0151. The number of rotatable bonds is 7. The van der Waals surface area contributed by atoms with Crippen molar-refractivity contribution < 1.29 is 35.9 Å². The molecule has 1 aliphatic carbocycles. The number of carbonyl (C=O) groups is 2. The molecule has 36 heavy (non-hydrogen) atoms. The lowest BCUT2D eigenvalue weighted by Gasteiger charge is -2.37. The molecule has 4 rings (SSSR count). The van der Waals surface area contributed by atoms with Crippen LogP contribution in [0.25, 0.3) is 0 Å². The van der Waals surface area contributed by atoms with Crippen molar-refractivity contribution in [3.8, 4) is 0 Å². The van der Waals surface area contributed by atoms with E-state index in [9.17, 15) is 31.2 Å². The molecule has 2 saturated heterocycles. The van der Waals surface area contributed by atoms with Gasteiger partial charge in [-0.2, -0.15) is 30.2 Å². The van der Waals surface area contributed by atoms with Crippen LogP contribution in [0.2, 0.25) is 0 Å². The molecule has 1 saturated carbocycles. The molecular weight excluding hydrogens is 499 g/mol. The Bertz CT molecular complexity index is 1040. The summed E-state index contributed by atoms with van der Waals surface area (Å²) in [4.78, 5) is 26.3. The predicted octanol–water partition coefficient (Wildman–Crippen LogP) is 2.94. The normalized spacial score (nSPS) is 26.6. The molecule has 200 valence electrons. The zero-order valence-corrected chi connectivity index (χ0v) is 20.8. The van der Waals surface area contributed by atoms with Crippen LogP contribution in [-0.4, -0.2) is 61.7 Å². The van der Waals surface area contributed by atoms with Gasteiger partial charge < -0.3 is 10.1 Å². The fraction of sp³-hybridized carbons (Fsp3) is 0.667. The van der Waals surface area contributed by atoms with Crippen molar-refractivity contribution in [3.05, 3.63) is 35.4 Å². The molecule has 1 amide bonds. The van der Waals surface area contributed by atoms with Gasteiger partial charge in [-0.1, -0.05) is 18.6 Å². The third-order valence-corrected chi connectivity index (χ3v) is 9.26. The Kier molecular flexibility index (Phi) is 8.38. The lowest BCUT2D eigenvalue weighted by molar-refractivity contribution is -0.137. The number of ketones is 1. The van der Waals surface area contributed by atoms with E-state index in [1.54, 1.807) is 0 Å². The number of nitrogens with one attached hydrogen (secondary N) is 1. The Hall–Kier alpha value is -2.02. The first kappa shape index (κ1) is 27.0. The van der Waals surface area contributed by atoms with Crippen molar-refractivity contribution in [3.63, 3.8) is 0 Å². The van der Waals surface area contributed by atoms with Gasteiger partial charge >= 0.3 is 6.18 Å². The van der Waals surface area contributed by atoms with Crippen molar-refractivity contribution in [2.75, 3.05) is 33.0 Å². The number of hydrogen-bond acceptors (Lipinski definition) is 5. The van der Waals surface area contributed by atoms with E-state index in [1.807, 2.05) is 0 Å². The maximum atomic E-state index is 13.4. The average molecular weight is 532 g/mol. The van der Waals surface area contributed by atoms with Crippen molar-refractivity contribution in [2.45, 2.75) is 51.2 Å². The summed E-state index contributed by atoms with van der Waals surface area (Å²) in [6.07, 6.45) is -0.806. The van der Waals surface area contributed by atoms with Gasteiger partial charge in [-0.25, -0.2) is 0 Å². The van der Waals surface area contributed by atoms with Crippen molar-refractivity contribution in [1.29, 1.82) is 0 Å². The standard InChI is InChI=1S/C24H32F3N3O5S/c25-24(26,27)19-9-7-17(8-10-19)14-28-23(32)21-6-1-5-20(21)22(31)18-4-2-11-29(15-18)36(33,34)30-12-3-13-35-16-30/h7-10,18,20-21H,1-6,11-16H2,(H,28,32)/t18-,20?,21-/m0/s1. The Labute approximate surface area is 209 Å². The average Bonchev–Trinajstić information content (AvgIpc) is 3.37. The van der Waals surface area contributed by atoms with Gasteiger partial charge in [-0.05, 0) is 49.8 Å². The highest BCUT2D eigenvalue weighted by Gasteiger charge is 2.43. The predicted molar refractivity (Wildman–Crippen MR) is 124 cm³/mol. The molecule has 2 aliphatic heterocycles. The molecule has 1 aromatic carbocycles. The van der Waals surface area contributed by atoms with E-state index in [0.717, 1.165) is 12.1 Å². The van der Waals surface area contributed by atoms with Gasteiger partial charge in [-0.3, -0.25) is 9.59 Å². The van der Waals surface area contributed by atoms with Crippen molar-refractivity contribution in [2.24, 2.45) is 17.8 Å². The number of halogens is 3. The van der Waals surface area contributed by atoms with Gasteiger partial charge in [0.15, 0.2) is 0 Å². The first-order chi connectivity index (χ1) is 17.1. The van der Waals surface area contributed by atoms with Crippen LogP contribution in [0.3, 0.4) is 0 Å². The van der Waals surface area contributed by atoms with Crippen LogP contribution in [0.1, 0.15) is 49.7 Å². The molecule has 3 atom stereocenters. The lowest BCUT2D eigenvalue weighted by Crippen LogP contribution is -2.51. The maximum Gasteiger partial charge on any atom is 0.416 e. The summed E-state index contributed by atoms with van der Waals surface area (Å²) in [5, 5.41) is 2.76. The summed E-state index contributed by atoms with van der Waals surface area (Å²) in [6, 6.07) is 4.60. The third-order valence-electron chi connectivity index (χ3n) is 7.34. The number of piperidine rings is 1. The van der Waals surface area contributed by atoms with Gasteiger partial charge in [0, 0.05) is 50.5 Å². The Balaban J connectivity index is 1.35. The first-order valence-corrected chi connectivity index (χ1v) is 13.8.